The average Bonchev–Trinajstić information content (AvgIpc) is 2.89. The second-order valence-corrected chi connectivity index (χ2v) is 8.40. The first-order valence-electron chi connectivity index (χ1n) is 9.59. The molecule has 6 heteroatoms. The predicted molar refractivity (Wildman–Crippen MR) is 116 cm³/mol. The summed E-state index contributed by atoms with van der Waals surface area (Å²) in [6.45, 7) is 13.7. The number of hydrogen-bond donors (Lipinski definition) is 1. The smallest absolute Gasteiger partial charge is 0.282 e. The molecular formula is C22H25ClN4O. The summed E-state index contributed by atoms with van der Waals surface area (Å²) < 4.78 is 2.07. The molecule has 0 amide bonds. The fourth-order valence-electron chi connectivity index (χ4n) is 4.27. The van der Waals surface area contributed by atoms with Crippen molar-refractivity contribution in [2.75, 3.05) is 31.1 Å². The Hall–Kier alpha value is -2.37. The minimum atomic E-state index is -0.376. The van der Waals surface area contributed by atoms with Crippen LogP contribution in [0.2, 0.25) is 0 Å². The van der Waals surface area contributed by atoms with Gasteiger partial charge in [-0.2, -0.15) is 4.98 Å². The topological polar surface area (TPSA) is 50.2 Å². The second kappa shape index (κ2) is 6.90. The van der Waals surface area contributed by atoms with Crippen LogP contribution in [0.4, 0.5) is 5.69 Å². The van der Waals surface area contributed by atoms with Crippen LogP contribution in [0.1, 0.15) is 32.2 Å². The maximum atomic E-state index is 12.8. The van der Waals surface area contributed by atoms with Gasteiger partial charge in [-0.15, -0.1) is 0 Å². The van der Waals surface area contributed by atoms with Crippen LogP contribution < -0.4 is 26.3 Å². The van der Waals surface area contributed by atoms with E-state index < -0.39 is 0 Å². The molecule has 0 radical (unpaired) electrons. The number of fused-ring (bicyclic) bond motifs is 3. The summed E-state index contributed by atoms with van der Waals surface area (Å²) in [5, 5.41) is 5.00. The lowest BCUT2D eigenvalue weighted by Crippen LogP contribution is -2.48. The number of nitrogens with zero attached hydrogens (tertiary/aromatic N) is 3. The first-order valence-corrected chi connectivity index (χ1v) is 9.97. The average molecular weight is 397 g/mol. The molecule has 0 aliphatic carbocycles. The monoisotopic (exact) mass is 396 g/mol. The number of hydrogen-bond acceptors (Lipinski definition) is 4. The molecule has 146 valence electrons. The van der Waals surface area contributed by atoms with Crippen molar-refractivity contribution in [1.29, 1.82) is 0 Å². The zero-order chi connectivity index (χ0) is 20.1. The maximum Gasteiger partial charge on any atom is 0.282 e. The van der Waals surface area contributed by atoms with E-state index in [2.05, 4.69) is 58.4 Å². The van der Waals surface area contributed by atoms with Gasteiger partial charge in [0.25, 0.3) is 5.56 Å². The minimum absolute atomic E-state index is 0.296. The maximum absolute atomic E-state index is 12.8. The lowest BCUT2D eigenvalue weighted by Gasteiger charge is -2.30. The summed E-state index contributed by atoms with van der Waals surface area (Å²) in [6.07, 6.45) is 3.53. The van der Waals surface area contributed by atoms with Gasteiger partial charge in [-0.3, -0.25) is 9.36 Å². The molecule has 1 saturated heterocycles. The van der Waals surface area contributed by atoms with Crippen LogP contribution in [0.5, 0.6) is 0 Å². The quantitative estimate of drug-likeness (QED) is 0.838. The standard InChI is InChI=1S/C22H25ClN4O/c1-5-6-17-19(14(2)23)20(28)25-21-22(3,4)16-8-7-15(13-18(16)27(17)21)26-11-9-24-10-12-26/h5-8,13,24H,1,9-12H2,2-4H3/b17-6+,19-14-. The molecule has 0 atom stereocenters. The second-order valence-electron chi connectivity index (χ2n) is 7.84. The summed E-state index contributed by atoms with van der Waals surface area (Å²) in [4.78, 5) is 19.6. The Morgan fingerprint density at radius 2 is 2.04 bits per heavy atom. The molecule has 1 fully saturated rings. The number of halogens is 1. The van der Waals surface area contributed by atoms with E-state index in [-0.39, 0.29) is 11.0 Å². The van der Waals surface area contributed by atoms with Crippen molar-refractivity contribution in [3.05, 3.63) is 63.2 Å². The Balaban J connectivity index is 2.07. The highest BCUT2D eigenvalue weighted by Gasteiger charge is 2.38. The summed E-state index contributed by atoms with van der Waals surface area (Å²) in [5.74, 6) is 0.736. The zero-order valence-corrected chi connectivity index (χ0v) is 17.3. The number of benzene rings is 1. The van der Waals surface area contributed by atoms with Gasteiger partial charge in [0.15, 0.2) is 0 Å². The van der Waals surface area contributed by atoms with E-state index >= 15 is 0 Å². The molecule has 0 saturated carbocycles. The Morgan fingerprint density at radius 1 is 1.32 bits per heavy atom. The third-order valence-electron chi connectivity index (χ3n) is 5.69. The molecule has 0 unspecified atom stereocenters. The Morgan fingerprint density at radius 3 is 2.68 bits per heavy atom. The Labute approximate surface area is 169 Å². The molecular weight excluding hydrogens is 372 g/mol. The van der Waals surface area contributed by atoms with Gasteiger partial charge < -0.3 is 10.2 Å². The van der Waals surface area contributed by atoms with Crippen molar-refractivity contribution in [3.8, 4) is 5.69 Å². The normalized spacial score (nSPS) is 19.3. The van der Waals surface area contributed by atoms with E-state index in [4.69, 9.17) is 11.6 Å². The van der Waals surface area contributed by atoms with Crippen LogP contribution in [0.3, 0.4) is 0 Å². The molecule has 3 heterocycles. The number of aromatic nitrogens is 2. The lowest BCUT2D eigenvalue weighted by molar-refractivity contribution is 0.589. The van der Waals surface area contributed by atoms with Crippen LogP contribution >= 0.6 is 11.6 Å². The first-order chi connectivity index (χ1) is 13.4. The molecule has 0 bridgehead atoms. The third-order valence-corrected chi connectivity index (χ3v) is 5.88. The largest absolute Gasteiger partial charge is 0.369 e. The van der Waals surface area contributed by atoms with Gasteiger partial charge in [-0.05, 0) is 44.5 Å². The van der Waals surface area contributed by atoms with Gasteiger partial charge >= 0.3 is 0 Å². The molecule has 2 aliphatic heterocycles. The SMILES string of the molecule is C=C/C=c1\c(=C(/C)Cl)c(=O)nc2n1-c1cc(N3CCNCC3)ccc1C2(C)C. The summed E-state index contributed by atoms with van der Waals surface area (Å²) in [5.41, 5.74) is 2.71. The van der Waals surface area contributed by atoms with Gasteiger partial charge in [0.05, 0.1) is 21.7 Å². The third kappa shape index (κ3) is 2.81. The molecule has 28 heavy (non-hydrogen) atoms. The number of piperazine rings is 1. The van der Waals surface area contributed by atoms with E-state index in [1.54, 1.807) is 13.0 Å². The summed E-state index contributed by atoms with van der Waals surface area (Å²) >= 11 is 6.30. The molecule has 2 aliphatic rings. The Kier molecular flexibility index (Phi) is 4.68. The molecule has 5 nitrogen and oxygen atoms in total. The fraction of sp³-hybridized carbons (Fsp3) is 0.364. The molecule has 2 aromatic rings. The highest BCUT2D eigenvalue weighted by molar-refractivity contribution is 6.44. The van der Waals surface area contributed by atoms with Crippen molar-refractivity contribution >= 4 is 28.4 Å². The number of anilines is 1. The lowest BCUT2D eigenvalue weighted by atomic mass is 9.85. The van der Waals surface area contributed by atoms with E-state index in [0.29, 0.717) is 10.3 Å². The fourth-order valence-corrected chi connectivity index (χ4v) is 4.45. The first kappa shape index (κ1) is 19.0. The van der Waals surface area contributed by atoms with Gasteiger partial charge in [0, 0.05) is 36.9 Å². The van der Waals surface area contributed by atoms with Crippen LogP contribution in [-0.4, -0.2) is 35.7 Å². The number of nitrogens with one attached hydrogen (secondary N) is 1. The van der Waals surface area contributed by atoms with E-state index in [0.717, 1.165) is 48.6 Å². The van der Waals surface area contributed by atoms with Crippen LogP contribution in [-0.2, 0) is 5.41 Å². The molecule has 1 aromatic heterocycles. The highest BCUT2D eigenvalue weighted by atomic mass is 35.5. The van der Waals surface area contributed by atoms with E-state index in [1.165, 1.54) is 5.69 Å². The highest BCUT2D eigenvalue weighted by Crippen LogP contribution is 2.41. The summed E-state index contributed by atoms with van der Waals surface area (Å²) in [6, 6.07) is 6.55. The van der Waals surface area contributed by atoms with Crippen molar-refractivity contribution in [3.63, 3.8) is 0 Å². The van der Waals surface area contributed by atoms with Gasteiger partial charge in [-0.25, -0.2) is 0 Å². The predicted octanol–water partition coefficient (Wildman–Crippen LogP) is 1.61. The van der Waals surface area contributed by atoms with Gasteiger partial charge in [0.1, 0.15) is 5.82 Å². The number of allylic oxidation sites excluding steroid dienone is 1. The molecule has 4 rings (SSSR count). The van der Waals surface area contributed by atoms with Crippen molar-refractivity contribution in [1.82, 2.24) is 14.9 Å². The molecule has 0 spiro atoms. The van der Waals surface area contributed by atoms with E-state index in [1.807, 2.05) is 6.08 Å². The van der Waals surface area contributed by atoms with Gasteiger partial charge in [0.2, 0.25) is 0 Å². The van der Waals surface area contributed by atoms with Crippen LogP contribution in [0, 0.1) is 0 Å². The van der Waals surface area contributed by atoms with E-state index in [9.17, 15) is 4.79 Å². The van der Waals surface area contributed by atoms with Crippen molar-refractivity contribution in [2.24, 2.45) is 0 Å². The number of rotatable bonds is 2. The minimum Gasteiger partial charge on any atom is -0.369 e. The summed E-state index contributed by atoms with van der Waals surface area (Å²) in [7, 11) is 0. The zero-order valence-electron chi connectivity index (χ0n) is 16.6. The molecule has 1 N–H and O–H groups in total. The van der Waals surface area contributed by atoms with Crippen molar-refractivity contribution < 1.29 is 0 Å². The Bertz CT molecular complexity index is 1140. The van der Waals surface area contributed by atoms with Gasteiger partial charge in [-0.1, -0.05) is 30.3 Å². The van der Waals surface area contributed by atoms with Crippen molar-refractivity contribution in [2.45, 2.75) is 26.2 Å². The van der Waals surface area contributed by atoms with Crippen LogP contribution in [0.25, 0.3) is 16.8 Å². The van der Waals surface area contributed by atoms with Crippen LogP contribution in [0.15, 0.2) is 35.6 Å². The molecule has 1 aromatic carbocycles.